The number of anilines is 1. The Morgan fingerprint density at radius 3 is 2.67 bits per heavy atom. The molecule has 18 heavy (non-hydrogen) atoms. The molecule has 0 bridgehead atoms. The normalized spacial score (nSPS) is 13.3. The maximum atomic E-state index is 11.6. The molecule has 8 heteroatoms. The molecule has 0 fully saturated rings. The maximum Gasteiger partial charge on any atom is 0.240 e. The molecule has 102 valence electrons. The van der Waals surface area contributed by atoms with Crippen LogP contribution in [0.4, 0.5) is 5.69 Å². The summed E-state index contributed by atoms with van der Waals surface area (Å²) in [6.07, 6.45) is -0.782. The van der Waals surface area contributed by atoms with E-state index in [1.807, 2.05) is 0 Å². The fourth-order valence-corrected chi connectivity index (χ4v) is 2.09. The van der Waals surface area contributed by atoms with Gasteiger partial charge in [-0.1, -0.05) is 0 Å². The molecule has 0 saturated carbocycles. The Labute approximate surface area is 111 Å². The summed E-state index contributed by atoms with van der Waals surface area (Å²) in [6, 6.07) is 3.83. The quantitative estimate of drug-likeness (QED) is 0.447. The molecule has 1 atom stereocenters. The highest BCUT2D eigenvalue weighted by Crippen LogP contribution is 2.26. The van der Waals surface area contributed by atoms with Crippen molar-refractivity contribution in [3.05, 3.63) is 18.2 Å². The summed E-state index contributed by atoms with van der Waals surface area (Å²) >= 11 is 5.43. The van der Waals surface area contributed by atoms with Gasteiger partial charge in [-0.05, 0) is 25.2 Å². The van der Waals surface area contributed by atoms with E-state index in [1.54, 1.807) is 0 Å². The molecule has 0 aliphatic heterocycles. The first-order valence-corrected chi connectivity index (χ1v) is 7.17. The second-order valence-electron chi connectivity index (χ2n) is 3.58. The average molecular weight is 295 g/mol. The molecule has 1 aromatic carbocycles. The van der Waals surface area contributed by atoms with Crippen LogP contribution < -0.4 is 10.0 Å². The van der Waals surface area contributed by atoms with Crippen LogP contribution in [-0.2, 0) is 10.0 Å². The third kappa shape index (κ3) is 3.74. The number of benzene rings is 1. The molecule has 4 N–H and O–H groups in total. The topological polar surface area (TPSA) is 98.7 Å². The lowest BCUT2D eigenvalue weighted by Gasteiger charge is -2.12. The summed E-state index contributed by atoms with van der Waals surface area (Å²) in [6.45, 7) is 0.111. The standard InChI is InChI=1S/C10H15ClN2O4S/c1-12-18(16,17)8-2-3-10(15)9(4-8)13-6-7(14)5-11/h2-4,7,12-15H,5-6H2,1H3. The third-order valence-electron chi connectivity index (χ3n) is 2.25. The first-order chi connectivity index (χ1) is 8.40. The molecule has 0 saturated heterocycles. The number of aromatic hydroxyl groups is 1. The van der Waals surface area contributed by atoms with Crippen molar-refractivity contribution >= 4 is 27.3 Å². The van der Waals surface area contributed by atoms with Gasteiger partial charge in [0, 0.05) is 6.54 Å². The van der Waals surface area contributed by atoms with Crippen LogP contribution >= 0.6 is 11.6 Å². The Balaban J connectivity index is 2.95. The Bertz CT molecular complexity index is 507. The van der Waals surface area contributed by atoms with Crippen LogP contribution in [0.2, 0.25) is 0 Å². The molecule has 0 aromatic heterocycles. The summed E-state index contributed by atoms with van der Waals surface area (Å²) in [5.74, 6) is -0.0609. The molecule has 0 spiro atoms. The van der Waals surface area contributed by atoms with Gasteiger partial charge in [0.1, 0.15) is 5.75 Å². The van der Waals surface area contributed by atoms with Crippen LogP contribution in [0.1, 0.15) is 0 Å². The SMILES string of the molecule is CNS(=O)(=O)c1ccc(O)c(NCC(O)CCl)c1. The number of nitrogens with one attached hydrogen (secondary N) is 2. The molecule has 6 nitrogen and oxygen atoms in total. The van der Waals surface area contributed by atoms with E-state index in [4.69, 9.17) is 11.6 Å². The maximum absolute atomic E-state index is 11.6. The van der Waals surface area contributed by atoms with E-state index in [1.165, 1.54) is 25.2 Å². The molecule has 0 heterocycles. The molecule has 0 radical (unpaired) electrons. The van der Waals surface area contributed by atoms with Gasteiger partial charge in [-0.2, -0.15) is 0 Å². The van der Waals surface area contributed by atoms with Crippen molar-refractivity contribution in [3.63, 3.8) is 0 Å². The van der Waals surface area contributed by atoms with Gasteiger partial charge in [0.05, 0.1) is 22.6 Å². The van der Waals surface area contributed by atoms with Gasteiger partial charge in [0.15, 0.2) is 0 Å². The van der Waals surface area contributed by atoms with Crippen LogP contribution in [-0.4, -0.2) is 44.2 Å². The van der Waals surface area contributed by atoms with E-state index in [0.717, 1.165) is 0 Å². The highest BCUT2D eigenvalue weighted by Gasteiger charge is 2.14. The largest absolute Gasteiger partial charge is 0.506 e. The number of sulfonamides is 1. The van der Waals surface area contributed by atoms with Crippen LogP contribution in [0.15, 0.2) is 23.1 Å². The van der Waals surface area contributed by atoms with E-state index in [-0.39, 0.29) is 28.8 Å². The number of hydrogen-bond donors (Lipinski definition) is 4. The van der Waals surface area contributed by atoms with Crippen molar-refractivity contribution in [2.24, 2.45) is 0 Å². The van der Waals surface area contributed by atoms with Gasteiger partial charge in [-0.3, -0.25) is 0 Å². The van der Waals surface area contributed by atoms with E-state index < -0.39 is 16.1 Å². The fraction of sp³-hybridized carbons (Fsp3) is 0.400. The minimum Gasteiger partial charge on any atom is -0.506 e. The Kier molecular flexibility index (Phi) is 5.21. The number of rotatable bonds is 6. The average Bonchev–Trinajstić information content (AvgIpc) is 2.37. The van der Waals surface area contributed by atoms with Gasteiger partial charge in [-0.15, -0.1) is 11.6 Å². The lowest BCUT2D eigenvalue weighted by atomic mass is 10.3. The number of phenolic OH excluding ortho intramolecular Hbond substituents is 1. The van der Waals surface area contributed by atoms with Crippen LogP contribution in [0.3, 0.4) is 0 Å². The lowest BCUT2D eigenvalue weighted by molar-refractivity contribution is 0.211. The first kappa shape index (κ1) is 15.0. The third-order valence-corrected chi connectivity index (χ3v) is 4.02. The number of aliphatic hydroxyl groups excluding tert-OH is 1. The Hall–Kier alpha value is -1.02. The van der Waals surface area contributed by atoms with Gasteiger partial charge >= 0.3 is 0 Å². The summed E-state index contributed by atoms with van der Waals surface area (Å²) in [5.41, 5.74) is 0.218. The molecule has 1 rings (SSSR count). The molecule has 0 aliphatic rings. The smallest absolute Gasteiger partial charge is 0.240 e. The van der Waals surface area contributed by atoms with Crippen LogP contribution in [0, 0.1) is 0 Å². The Morgan fingerprint density at radius 2 is 2.11 bits per heavy atom. The Morgan fingerprint density at radius 1 is 1.44 bits per heavy atom. The van der Waals surface area contributed by atoms with Crippen LogP contribution in [0.5, 0.6) is 5.75 Å². The zero-order chi connectivity index (χ0) is 13.8. The van der Waals surface area contributed by atoms with E-state index >= 15 is 0 Å². The monoisotopic (exact) mass is 294 g/mol. The van der Waals surface area contributed by atoms with E-state index in [2.05, 4.69) is 10.0 Å². The number of halogens is 1. The predicted octanol–water partition coefficient (Wildman–Crippen LogP) is 0.312. The van der Waals surface area contributed by atoms with Gasteiger partial charge < -0.3 is 15.5 Å². The van der Waals surface area contributed by atoms with E-state index in [0.29, 0.717) is 0 Å². The van der Waals surface area contributed by atoms with Crippen molar-refractivity contribution in [1.82, 2.24) is 4.72 Å². The van der Waals surface area contributed by atoms with Gasteiger partial charge in [0.25, 0.3) is 0 Å². The van der Waals surface area contributed by atoms with Gasteiger partial charge in [0.2, 0.25) is 10.0 Å². The van der Waals surface area contributed by atoms with Crippen LogP contribution in [0.25, 0.3) is 0 Å². The molecule has 1 unspecified atom stereocenters. The van der Waals surface area contributed by atoms with Gasteiger partial charge in [-0.25, -0.2) is 13.1 Å². The number of aliphatic hydroxyl groups is 1. The minimum absolute atomic E-state index is 0.0191. The minimum atomic E-state index is -3.57. The lowest BCUT2D eigenvalue weighted by Crippen LogP contribution is -2.21. The molecular weight excluding hydrogens is 280 g/mol. The fourth-order valence-electron chi connectivity index (χ4n) is 1.22. The number of phenols is 1. The molecule has 0 amide bonds. The summed E-state index contributed by atoms with van der Waals surface area (Å²) in [4.78, 5) is 0.0191. The van der Waals surface area contributed by atoms with E-state index in [9.17, 15) is 18.6 Å². The van der Waals surface area contributed by atoms with Crippen molar-refractivity contribution < 1.29 is 18.6 Å². The molecule has 0 aliphatic carbocycles. The first-order valence-electron chi connectivity index (χ1n) is 5.15. The summed E-state index contributed by atoms with van der Waals surface area (Å²) in [7, 11) is -2.27. The highest BCUT2D eigenvalue weighted by atomic mass is 35.5. The van der Waals surface area contributed by atoms with Crippen molar-refractivity contribution in [3.8, 4) is 5.75 Å². The summed E-state index contributed by atoms with van der Waals surface area (Å²) in [5, 5.41) is 21.6. The van der Waals surface area contributed by atoms with Crippen molar-refractivity contribution in [1.29, 1.82) is 0 Å². The zero-order valence-corrected chi connectivity index (χ0v) is 11.3. The number of alkyl halides is 1. The highest BCUT2D eigenvalue weighted by molar-refractivity contribution is 7.89. The second kappa shape index (κ2) is 6.24. The van der Waals surface area contributed by atoms with Crippen molar-refractivity contribution in [2.75, 3.05) is 24.8 Å². The molecule has 1 aromatic rings. The van der Waals surface area contributed by atoms with Crippen molar-refractivity contribution in [2.45, 2.75) is 11.0 Å². The number of hydrogen-bond acceptors (Lipinski definition) is 5. The molecular formula is C10H15ClN2O4S. The second-order valence-corrected chi connectivity index (χ2v) is 5.77. The zero-order valence-electron chi connectivity index (χ0n) is 9.72. The predicted molar refractivity (Wildman–Crippen MR) is 69.6 cm³/mol. The summed E-state index contributed by atoms with van der Waals surface area (Å²) < 4.78 is 25.3.